The van der Waals surface area contributed by atoms with Crippen molar-refractivity contribution in [2.45, 2.75) is 0 Å². The molecular weight excluding hydrogens is 328 g/mol. The maximum Gasteiger partial charge on any atom is 0.354 e. The molecule has 2 rings (SSSR count). The van der Waals surface area contributed by atoms with E-state index in [1.165, 1.54) is 6.08 Å². The summed E-state index contributed by atoms with van der Waals surface area (Å²) in [4.78, 5) is 30.0. The van der Waals surface area contributed by atoms with Gasteiger partial charge < -0.3 is 10.1 Å². The van der Waals surface area contributed by atoms with E-state index in [1.54, 1.807) is 24.3 Å². The molecule has 130 valence electrons. The van der Waals surface area contributed by atoms with E-state index < -0.39 is 16.5 Å². The maximum atomic E-state index is 11.8. The lowest BCUT2D eigenvalue weighted by Gasteiger charge is -2.10. The monoisotopic (exact) mass is 344 g/mol. The Labute approximate surface area is 143 Å². The molecule has 0 atom stereocenters. The van der Waals surface area contributed by atoms with Crippen molar-refractivity contribution in [3.05, 3.63) is 59.4 Å². The van der Waals surface area contributed by atoms with Crippen molar-refractivity contribution in [1.29, 1.82) is 0 Å². The first-order chi connectivity index (χ1) is 12.1. The predicted octanol–water partition coefficient (Wildman–Crippen LogP) is 1.50. The average Bonchev–Trinajstić information content (AvgIpc) is 2.63. The van der Waals surface area contributed by atoms with Gasteiger partial charge >= 0.3 is 5.69 Å². The lowest BCUT2D eigenvalue weighted by Crippen LogP contribution is -2.34. The van der Waals surface area contributed by atoms with Crippen molar-refractivity contribution in [3.63, 3.8) is 0 Å². The molecule has 0 aliphatic rings. The number of nitro groups is 1. The number of nitrogens with zero attached hydrogens (tertiary/aromatic N) is 3. The summed E-state index contributed by atoms with van der Waals surface area (Å²) in [5.74, 6) is -0.143. The summed E-state index contributed by atoms with van der Waals surface area (Å²) in [6.45, 7) is 3.54. The summed E-state index contributed by atoms with van der Waals surface area (Å²) in [5.41, 5.74) is 4.31. The van der Waals surface area contributed by atoms with Crippen molar-refractivity contribution < 1.29 is 14.5 Å². The van der Waals surface area contributed by atoms with Gasteiger partial charge in [0.25, 0.3) is 5.91 Å². The van der Waals surface area contributed by atoms with Crippen LogP contribution in [-0.2, 0) is 4.79 Å². The zero-order chi connectivity index (χ0) is 18.1. The SMILES string of the molecule is C=CCNc1ncnc(NNC(=O)COc2ccccc2)c1[N+](=O)[O-]. The Morgan fingerprint density at radius 2 is 2.00 bits per heavy atom. The minimum absolute atomic E-state index is 0.0113. The molecule has 1 heterocycles. The van der Waals surface area contributed by atoms with E-state index >= 15 is 0 Å². The number of anilines is 2. The number of aromatic nitrogens is 2. The Morgan fingerprint density at radius 3 is 2.68 bits per heavy atom. The molecule has 1 aromatic carbocycles. The van der Waals surface area contributed by atoms with Crippen molar-refractivity contribution in [1.82, 2.24) is 15.4 Å². The normalized spacial score (nSPS) is 9.76. The van der Waals surface area contributed by atoms with Crippen molar-refractivity contribution in [3.8, 4) is 5.75 Å². The van der Waals surface area contributed by atoms with E-state index in [0.717, 1.165) is 6.33 Å². The highest BCUT2D eigenvalue weighted by molar-refractivity contribution is 5.80. The lowest BCUT2D eigenvalue weighted by atomic mass is 10.3. The number of hydrazine groups is 1. The zero-order valence-corrected chi connectivity index (χ0v) is 13.1. The van der Waals surface area contributed by atoms with Gasteiger partial charge in [-0.25, -0.2) is 9.97 Å². The molecule has 0 radical (unpaired) electrons. The van der Waals surface area contributed by atoms with Gasteiger partial charge in [-0.2, -0.15) is 0 Å². The quantitative estimate of drug-likeness (QED) is 0.354. The van der Waals surface area contributed by atoms with Crippen LogP contribution in [-0.4, -0.2) is 34.0 Å². The van der Waals surface area contributed by atoms with Crippen LogP contribution in [0.5, 0.6) is 5.75 Å². The fourth-order valence-electron chi connectivity index (χ4n) is 1.77. The number of carbonyl (C=O) groups excluding carboxylic acids is 1. The molecule has 0 bridgehead atoms. The number of ether oxygens (including phenoxy) is 1. The molecule has 10 heteroatoms. The molecule has 0 saturated carbocycles. The number of hydrogen-bond acceptors (Lipinski definition) is 8. The molecule has 0 saturated heterocycles. The lowest BCUT2D eigenvalue weighted by molar-refractivity contribution is -0.383. The van der Waals surface area contributed by atoms with Gasteiger partial charge in [0.1, 0.15) is 12.1 Å². The number of amides is 1. The highest BCUT2D eigenvalue weighted by Crippen LogP contribution is 2.28. The largest absolute Gasteiger partial charge is 0.484 e. The Bertz CT molecular complexity index is 753. The molecule has 3 N–H and O–H groups in total. The van der Waals surface area contributed by atoms with Gasteiger partial charge in [0.2, 0.25) is 11.6 Å². The van der Waals surface area contributed by atoms with Gasteiger partial charge in [-0.3, -0.25) is 25.8 Å². The smallest absolute Gasteiger partial charge is 0.354 e. The van der Waals surface area contributed by atoms with Crippen LogP contribution in [0.3, 0.4) is 0 Å². The van der Waals surface area contributed by atoms with Crippen LogP contribution in [0.25, 0.3) is 0 Å². The third-order valence-electron chi connectivity index (χ3n) is 2.85. The minimum Gasteiger partial charge on any atom is -0.484 e. The Hall–Kier alpha value is -3.69. The van der Waals surface area contributed by atoms with Crippen LogP contribution >= 0.6 is 0 Å². The molecule has 25 heavy (non-hydrogen) atoms. The molecule has 0 aliphatic heterocycles. The topological polar surface area (TPSA) is 131 Å². The van der Waals surface area contributed by atoms with Crippen molar-refractivity contribution in [2.24, 2.45) is 0 Å². The van der Waals surface area contributed by atoms with E-state index in [2.05, 4.69) is 32.7 Å². The summed E-state index contributed by atoms with van der Waals surface area (Å²) in [6.07, 6.45) is 2.66. The summed E-state index contributed by atoms with van der Waals surface area (Å²) in [7, 11) is 0. The standard InChI is InChI=1S/C15H16N6O4/c1-2-8-16-14-13(21(23)24)15(18-10-17-14)20-19-12(22)9-25-11-6-4-3-5-7-11/h2-7,10H,1,8-9H2,(H,19,22)(H2,16,17,18,20). The molecule has 0 aliphatic carbocycles. The van der Waals surface area contributed by atoms with Crippen molar-refractivity contribution in [2.75, 3.05) is 23.9 Å². The molecule has 0 spiro atoms. The zero-order valence-electron chi connectivity index (χ0n) is 13.1. The summed E-state index contributed by atoms with van der Waals surface area (Å²) in [6, 6.07) is 8.77. The average molecular weight is 344 g/mol. The second-order valence-corrected chi connectivity index (χ2v) is 4.62. The molecule has 1 aromatic heterocycles. The first-order valence-electron chi connectivity index (χ1n) is 7.18. The number of para-hydroxylation sites is 1. The Balaban J connectivity index is 1.98. The molecular formula is C15H16N6O4. The van der Waals surface area contributed by atoms with Crippen LogP contribution < -0.4 is 20.9 Å². The van der Waals surface area contributed by atoms with Crippen molar-refractivity contribution >= 4 is 23.2 Å². The van der Waals surface area contributed by atoms with Crippen LogP contribution in [0.4, 0.5) is 17.3 Å². The number of nitrogens with one attached hydrogen (secondary N) is 3. The second kappa shape index (κ2) is 8.82. The highest BCUT2D eigenvalue weighted by Gasteiger charge is 2.23. The second-order valence-electron chi connectivity index (χ2n) is 4.62. The van der Waals surface area contributed by atoms with Crippen LogP contribution in [0.15, 0.2) is 49.3 Å². The van der Waals surface area contributed by atoms with Crippen LogP contribution in [0.2, 0.25) is 0 Å². The summed E-state index contributed by atoms with van der Waals surface area (Å²) >= 11 is 0. The summed E-state index contributed by atoms with van der Waals surface area (Å²) in [5, 5.41) is 14.0. The highest BCUT2D eigenvalue weighted by atomic mass is 16.6. The number of rotatable bonds is 9. The van der Waals surface area contributed by atoms with Gasteiger partial charge in [-0.1, -0.05) is 24.3 Å². The van der Waals surface area contributed by atoms with E-state index in [4.69, 9.17) is 4.74 Å². The van der Waals surface area contributed by atoms with Crippen LogP contribution in [0, 0.1) is 10.1 Å². The Kier molecular flexibility index (Phi) is 6.23. The summed E-state index contributed by atoms with van der Waals surface area (Å²) < 4.78 is 5.27. The Morgan fingerprint density at radius 1 is 1.28 bits per heavy atom. The minimum atomic E-state index is -0.652. The molecule has 10 nitrogen and oxygen atoms in total. The van der Waals surface area contributed by atoms with Gasteiger partial charge in [-0.05, 0) is 12.1 Å². The molecule has 0 unspecified atom stereocenters. The van der Waals surface area contributed by atoms with Gasteiger partial charge in [0, 0.05) is 6.54 Å². The fraction of sp³-hybridized carbons (Fsp3) is 0.133. The first-order valence-corrected chi connectivity index (χ1v) is 7.18. The van der Waals surface area contributed by atoms with Gasteiger partial charge in [-0.15, -0.1) is 6.58 Å². The van der Waals surface area contributed by atoms with Gasteiger partial charge in [0.05, 0.1) is 4.92 Å². The molecule has 2 aromatic rings. The molecule has 0 fully saturated rings. The third kappa shape index (κ3) is 5.16. The number of hydrogen-bond donors (Lipinski definition) is 3. The third-order valence-corrected chi connectivity index (χ3v) is 2.85. The van der Waals surface area contributed by atoms with Crippen LogP contribution in [0.1, 0.15) is 0 Å². The molecule has 1 amide bonds. The fourth-order valence-corrected chi connectivity index (χ4v) is 1.77. The first kappa shape index (κ1) is 17.7. The van der Waals surface area contributed by atoms with E-state index in [0.29, 0.717) is 5.75 Å². The van der Waals surface area contributed by atoms with E-state index in [-0.39, 0.29) is 24.8 Å². The predicted molar refractivity (Wildman–Crippen MR) is 91.1 cm³/mol. The maximum absolute atomic E-state index is 11.8. The van der Waals surface area contributed by atoms with E-state index in [9.17, 15) is 14.9 Å². The van der Waals surface area contributed by atoms with Gasteiger partial charge in [0.15, 0.2) is 6.61 Å². The number of carbonyl (C=O) groups is 1. The number of benzene rings is 1. The van der Waals surface area contributed by atoms with E-state index in [1.807, 2.05) is 6.07 Å².